The molecule has 0 spiro atoms. The zero-order chi connectivity index (χ0) is 24.7. The molecule has 2 N–H and O–H groups in total. The number of hydrogen-bond acceptors (Lipinski definition) is 8. The molecule has 0 unspecified atom stereocenters. The molecule has 2 aromatic carbocycles. The number of hydrogen-bond donors (Lipinski definition) is 2. The molecule has 1 aromatic heterocycles. The Morgan fingerprint density at radius 3 is 2.89 bits per heavy atom. The van der Waals surface area contributed by atoms with Crippen molar-refractivity contribution in [1.82, 2.24) is 14.5 Å². The highest BCUT2D eigenvalue weighted by Gasteiger charge is 2.33. The van der Waals surface area contributed by atoms with Gasteiger partial charge in [-0.1, -0.05) is 12.1 Å². The molecule has 3 aromatic rings. The molecule has 10 heteroatoms. The normalized spacial score (nSPS) is 17.1. The van der Waals surface area contributed by atoms with Gasteiger partial charge < -0.3 is 19.3 Å². The van der Waals surface area contributed by atoms with Gasteiger partial charge in [0.2, 0.25) is 18.4 Å². The summed E-state index contributed by atoms with van der Waals surface area (Å²) in [5, 5.41) is 10.8. The van der Waals surface area contributed by atoms with Crippen LogP contribution >= 0.6 is 0 Å². The minimum atomic E-state index is -0.725. The zero-order valence-electron chi connectivity index (χ0n) is 19.7. The van der Waals surface area contributed by atoms with Crippen LogP contribution < -0.4 is 25.5 Å². The second-order valence-corrected chi connectivity index (χ2v) is 8.63. The Kier molecular flexibility index (Phi) is 5.81. The van der Waals surface area contributed by atoms with Crippen LogP contribution in [0.3, 0.4) is 0 Å². The lowest BCUT2D eigenvalue weighted by atomic mass is 9.91. The first-order chi connectivity index (χ1) is 16.9. The minimum Gasteiger partial charge on any atom is -0.493 e. The standard InChI is InChI=1S/C25H26N4O6/c1-14-5-4-6-16(9-14)29-24(31)17(23(30)27-25(29)32)11-26-12-18-20-15(7-8-28(18)2)10-19-21(22(20)33-3)35-13-34-19/h4-6,9-11,18,31H,7-8,12-13H2,1-3H3,(H,27,30,32)/t18-/m1/s1. The summed E-state index contributed by atoms with van der Waals surface area (Å²) in [4.78, 5) is 33.9. The molecule has 2 aliphatic heterocycles. The van der Waals surface area contributed by atoms with Crippen molar-refractivity contribution in [2.45, 2.75) is 19.4 Å². The van der Waals surface area contributed by atoms with Crippen LogP contribution in [-0.2, 0) is 6.42 Å². The highest BCUT2D eigenvalue weighted by atomic mass is 16.7. The van der Waals surface area contributed by atoms with Crippen molar-refractivity contribution >= 4 is 6.21 Å². The number of aromatic hydroxyl groups is 1. The summed E-state index contributed by atoms with van der Waals surface area (Å²) >= 11 is 0. The Labute approximate surface area is 201 Å². The first kappa shape index (κ1) is 22.7. The van der Waals surface area contributed by atoms with Gasteiger partial charge in [-0.25, -0.2) is 9.36 Å². The molecule has 5 rings (SSSR count). The molecule has 0 saturated heterocycles. The van der Waals surface area contributed by atoms with E-state index in [1.807, 2.05) is 26.1 Å². The highest BCUT2D eigenvalue weighted by molar-refractivity contribution is 5.82. The monoisotopic (exact) mass is 478 g/mol. The smallest absolute Gasteiger partial charge is 0.335 e. The van der Waals surface area contributed by atoms with E-state index in [4.69, 9.17) is 14.2 Å². The Morgan fingerprint density at radius 1 is 1.29 bits per heavy atom. The highest BCUT2D eigenvalue weighted by Crippen LogP contribution is 2.49. The van der Waals surface area contributed by atoms with Gasteiger partial charge in [-0.15, -0.1) is 0 Å². The van der Waals surface area contributed by atoms with Gasteiger partial charge in [0, 0.05) is 18.3 Å². The van der Waals surface area contributed by atoms with Gasteiger partial charge in [0.15, 0.2) is 11.5 Å². The van der Waals surface area contributed by atoms with Crippen LogP contribution in [0.25, 0.3) is 5.69 Å². The predicted molar refractivity (Wildman–Crippen MR) is 130 cm³/mol. The molecule has 2 aliphatic rings. The van der Waals surface area contributed by atoms with E-state index in [1.54, 1.807) is 25.3 Å². The van der Waals surface area contributed by atoms with Crippen LogP contribution in [0.5, 0.6) is 23.1 Å². The molecule has 0 fully saturated rings. The number of likely N-dealkylation sites (N-methyl/N-ethyl adjacent to an activating group) is 1. The maximum Gasteiger partial charge on any atom is 0.335 e. The van der Waals surface area contributed by atoms with E-state index in [-0.39, 0.29) is 18.4 Å². The molecule has 1 atom stereocenters. The van der Waals surface area contributed by atoms with E-state index in [9.17, 15) is 14.7 Å². The number of methoxy groups -OCH3 is 1. The second-order valence-electron chi connectivity index (χ2n) is 8.63. The summed E-state index contributed by atoms with van der Waals surface area (Å²) in [5.74, 6) is 1.40. The van der Waals surface area contributed by atoms with E-state index in [0.717, 1.165) is 34.2 Å². The summed E-state index contributed by atoms with van der Waals surface area (Å²) < 4.78 is 18.0. The van der Waals surface area contributed by atoms with Gasteiger partial charge in [-0.3, -0.25) is 19.7 Å². The van der Waals surface area contributed by atoms with Crippen molar-refractivity contribution in [2.75, 3.05) is 34.0 Å². The number of aromatic amines is 1. The summed E-state index contributed by atoms with van der Waals surface area (Å²) in [5.41, 5.74) is 1.88. The second kappa shape index (κ2) is 8.95. The summed E-state index contributed by atoms with van der Waals surface area (Å²) in [6, 6.07) is 8.90. The Balaban J connectivity index is 1.51. The number of ether oxygens (including phenoxy) is 3. The molecule has 0 amide bonds. The van der Waals surface area contributed by atoms with Crippen molar-refractivity contribution in [1.29, 1.82) is 0 Å². The van der Waals surface area contributed by atoms with E-state index in [2.05, 4.69) is 14.9 Å². The maximum absolute atomic E-state index is 12.5. The molecule has 0 aliphatic carbocycles. The van der Waals surface area contributed by atoms with Gasteiger partial charge in [0.1, 0.15) is 5.56 Å². The number of aromatic nitrogens is 2. The fourth-order valence-electron chi connectivity index (χ4n) is 4.66. The van der Waals surface area contributed by atoms with Crippen LogP contribution in [0.2, 0.25) is 0 Å². The number of aryl methyl sites for hydroxylation is 1. The molecule has 3 heterocycles. The van der Waals surface area contributed by atoms with Crippen molar-refractivity contribution in [3.05, 3.63) is 73.4 Å². The average Bonchev–Trinajstić information content (AvgIpc) is 3.29. The molecule has 0 radical (unpaired) electrons. The number of nitrogens with one attached hydrogen (secondary N) is 1. The topological polar surface area (TPSA) is 118 Å². The van der Waals surface area contributed by atoms with Gasteiger partial charge in [0.05, 0.1) is 25.4 Å². The van der Waals surface area contributed by atoms with Crippen LogP contribution in [-0.4, -0.2) is 59.8 Å². The zero-order valence-corrected chi connectivity index (χ0v) is 19.7. The molecule has 35 heavy (non-hydrogen) atoms. The Morgan fingerprint density at radius 2 is 2.11 bits per heavy atom. The first-order valence-corrected chi connectivity index (χ1v) is 11.2. The third-order valence-electron chi connectivity index (χ3n) is 6.43. The maximum atomic E-state index is 12.5. The number of rotatable bonds is 5. The number of benzene rings is 2. The van der Waals surface area contributed by atoms with Crippen LogP contribution in [0.4, 0.5) is 0 Å². The number of nitrogens with zero attached hydrogens (tertiary/aromatic N) is 3. The van der Waals surface area contributed by atoms with E-state index >= 15 is 0 Å². The third kappa shape index (κ3) is 3.95. The molecule has 10 nitrogen and oxygen atoms in total. The van der Waals surface area contributed by atoms with Gasteiger partial charge in [-0.2, -0.15) is 0 Å². The number of H-pyrrole nitrogens is 1. The lowest BCUT2D eigenvalue weighted by molar-refractivity contribution is 0.170. The summed E-state index contributed by atoms with van der Waals surface area (Å²) in [7, 11) is 3.59. The SMILES string of the molecule is COc1c2c(cc3c1[C@@H](CN=Cc1c(O)n(-c4cccc(C)c4)c(=O)[nH]c1=O)N(C)CC3)OCO2. The van der Waals surface area contributed by atoms with Gasteiger partial charge >= 0.3 is 5.69 Å². The quantitative estimate of drug-likeness (QED) is 0.538. The van der Waals surface area contributed by atoms with Crippen LogP contribution in [0, 0.1) is 6.92 Å². The number of fused-ring (bicyclic) bond motifs is 2. The Bertz CT molecular complexity index is 1440. The van der Waals surface area contributed by atoms with Gasteiger partial charge in [0.25, 0.3) is 5.56 Å². The Hall–Kier alpha value is -4.05. The van der Waals surface area contributed by atoms with Crippen molar-refractivity contribution in [3.63, 3.8) is 0 Å². The van der Waals surface area contributed by atoms with Crippen molar-refractivity contribution in [2.24, 2.45) is 4.99 Å². The van der Waals surface area contributed by atoms with Crippen LogP contribution in [0.1, 0.15) is 28.3 Å². The lowest BCUT2D eigenvalue weighted by Gasteiger charge is -2.35. The van der Waals surface area contributed by atoms with Crippen LogP contribution in [0.15, 0.2) is 44.9 Å². The lowest BCUT2D eigenvalue weighted by Crippen LogP contribution is -2.34. The van der Waals surface area contributed by atoms with E-state index in [1.165, 1.54) is 6.21 Å². The minimum absolute atomic E-state index is 0.0950. The third-order valence-corrected chi connectivity index (χ3v) is 6.43. The van der Waals surface area contributed by atoms with E-state index < -0.39 is 17.1 Å². The fourth-order valence-corrected chi connectivity index (χ4v) is 4.66. The predicted octanol–water partition coefficient (Wildman–Crippen LogP) is 1.93. The van der Waals surface area contributed by atoms with Gasteiger partial charge in [-0.05, 0) is 49.7 Å². The summed E-state index contributed by atoms with van der Waals surface area (Å²) in [6.45, 7) is 3.12. The molecule has 182 valence electrons. The van der Waals surface area contributed by atoms with Crippen molar-refractivity contribution in [3.8, 4) is 28.8 Å². The molecule has 0 saturated carbocycles. The molecule has 0 bridgehead atoms. The fraction of sp³-hybridized carbons (Fsp3) is 0.320. The molecular weight excluding hydrogens is 452 g/mol. The largest absolute Gasteiger partial charge is 0.493 e. The number of aliphatic imine (C=N–C) groups is 1. The average molecular weight is 479 g/mol. The summed E-state index contributed by atoms with van der Waals surface area (Å²) in [6.07, 6.45) is 2.13. The van der Waals surface area contributed by atoms with Crippen molar-refractivity contribution < 1.29 is 19.3 Å². The first-order valence-electron chi connectivity index (χ1n) is 11.2. The van der Waals surface area contributed by atoms with E-state index in [0.29, 0.717) is 29.5 Å². The molecular formula is C25H26N4O6.